The zero-order valence-electron chi connectivity index (χ0n) is 12.8. The Morgan fingerprint density at radius 3 is 2.23 bits per heavy atom. The summed E-state index contributed by atoms with van der Waals surface area (Å²) in [6.45, 7) is 2.40. The Morgan fingerprint density at radius 1 is 1.05 bits per heavy atom. The average Bonchev–Trinajstić information content (AvgIpc) is 2.54. The Kier molecular flexibility index (Phi) is 5.76. The fraction of sp³-hybridized carbons (Fsp3) is 0.211. The van der Waals surface area contributed by atoms with E-state index in [4.69, 9.17) is 4.74 Å². The van der Waals surface area contributed by atoms with Crippen molar-refractivity contribution in [2.75, 3.05) is 13.7 Å². The van der Waals surface area contributed by atoms with Gasteiger partial charge in [0.2, 0.25) is 0 Å². The summed E-state index contributed by atoms with van der Waals surface area (Å²) >= 11 is 0. The Bertz CT molecular complexity index is 666. The van der Waals surface area contributed by atoms with Gasteiger partial charge in [0.1, 0.15) is 0 Å². The Balaban J connectivity index is 2.01. The normalized spacial score (nSPS) is 11.2. The first kappa shape index (κ1) is 15.8. The third kappa shape index (κ3) is 4.76. The smallest absolute Gasteiger partial charge is 0.251 e. The molecule has 0 fully saturated rings. The molecule has 22 heavy (non-hydrogen) atoms. The molecule has 0 saturated heterocycles. The zero-order valence-corrected chi connectivity index (χ0v) is 12.8. The maximum absolute atomic E-state index is 12.0. The van der Waals surface area contributed by atoms with Crippen LogP contribution in [0.1, 0.15) is 28.4 Å². The second-order valence-corrected chi connectivity index (χ2v) is 5.02. The molecule has 0 aliphatic heterocycles. The van der Waals surface area contributed by atoms with Crippen LogP contribution in [-0.2, 0) is 4.74 Å². The van der Waals surface area contributed by atoms with Crippen LogP contribution in [0.5, 0.6) is 0 Å². The summed E-state index contributed by atoms with van der Waals surface area (Å²) in [6.07, 6.45) is 0. The highest BCUT2D eigenvalue weighted by Gasteiger charge is 2.08. The number of rotatable bonds is 4. The fourth-order valence-corrected chi connectivity index (χ4v) is 1.97. The van der Waals surface area contributed by atoms with E-state index in [9.17, 15) is 4.79 Å². The van der Waals surface area contributed by atoms with E-state index in [1.165, 1.54) is 0 Å². The van der Waals surface area contributed by atoms with Crippen molar-refractivity contribution < 1.29 is 9.53 Å². The number of hydrogen-bond acceptors (Lipinski definition) is 2. The Hall–Kier alpha value is -2.57. The van der Waals surface area contributed by atoms with Gasteiger partial charge in [-0.05, 0) is 43.3 Å². The topological polar surface area (TPSA) is 38.3 Å². The minimum Gasteiger partial charge on any atom is -0.383 e. The average molecular weight is 293 g/mol. The van der Waals surface area contributed by atoms with Gasteiger partial charge in [0, 0.05) is 29.8 Å². The van der Waals surface area contributed by atoms with Gasteiger partial charge in [-0.15, -0.1) is 0 Å². The molecule has 112 valence electrons. The molecule has 1 amide bonds. The van der Waals surface area contributed by atoms with Crippen molar-refractivity contribution in [2.24, 2.45) is 0 Å². The molecule has 1 unspecified atom stereocenters. The lowest BCUT2D eigenvalue weighted by Gasteiger charge is -2.12. The van der Waals surface area contributed by atoms with Crippen LogP contribution < -0.4 is 5.32 Å². The maximum Gasteiger partial charge on any atom is 0.251 e. The molecule has 2 aromatic carbocycles. The van der Waals surface area contributed by atoms with Gasteiger partial charge in [-0.1, -0.05) is 30.0 Å². The molecule has 0 bridgehead atoms. The van der Waals surface area contributed by atoms with E-state index in [-0.39, 0.29) is 11.9 Å². The number of hydrogen-bond donors (Lipinski definition) is 1. The van der Waals surface area contributed by atoms with Gasteiger partial charge in [0.05, 0.1) is 6.61 Å². The number of ether oxygens (including phenoxy) is 1. The van der Waals surface area contributed by atoms with E-state index in [0.717, 1.165) is 11.1 Å². The minimum atomic E-state index is -0.105. The first-order valence-electron chi connectivity index (χ1n) is 7.16. The van der Waals surface area contributed by atoms with Crippen molar-refractivity contribution in [3.63, 3.8) is 0 Å². The molecule has 1 atom stereocenters. The van der Waals surface area contributed by atoms with Crippen LogP contribution in [-0.4, -0.2) is 25.7 Å². The largest absolute Gasteiger partial charge is 0.383 e. The predicted molar refractivity (Wildman–Crippen MR) is 87.7 cm³/mol. The fourth-order valence-electron chi connectivity index (χ4n) is 1.97. The highest BCUT2D eigenvalue weighted by atomic mass is 16.5. The van der Waals surface area contributed by atoms with Crippen molar-refractivity contribution in [1.29, 1.82) is 0 Å². The summed E-state index contributed by atoms with van der Waals surface area (Å²) in [7, 11) is 1.61. The molecule has 0 aliphatic rings. The van der Waals surface area contributed by atoms with Crippen molar-refractivity contribution >= 4 is 5.91 Å². The van der Waals surface area contributed by atoms with E-state index in [1.807, 2.05) is 49.4 Å². The lowest BCUT2D eigenvalue weighted by atomic mass is 10.1. The molecule has 1 N–H and O–H groups in total. The van der Waals surface area contributed by atoms with E-state index in [1.54, 1.807) is 19.2 Å². The van der Waals surface area contributed by atoms with Gasteiger partial charge >= 0.3 is 0 Å². The third-order valence-electron chi connectivity index (χ3n) is 3.07. The first-order valence-corrected chi connectivity index (χ1v) is 7.16. The van der Waals surface area contributed by atoms with Crippen LogP contribution in [0.2, 0.25) is 0 Å². The molecule has 0 aliphatic carbocycles. The van der Waals surface area contributed by atoms with Gasteiger partial charge < -0.3 is 10.1 Å². The number of benzene rings is 2. The number of amides is 1. The molecule has 3 heteroatoms. The van der Waals surface area contributed by atoms with Crippen LogP contribution in [0.25, 0.3) is 0 Å². The molecular weight excluding hydrogens is 274 g/mol. The maximum atomic E-state index is 12.0. The monoisotopic (exact) mass is 293 g/mol. The summed E-state index contributed by atoms with van der Waals surface area (Å²) in [6, 6.07) is 17.1. The summed E-state index contributed by atoms with van der Waals surface area (Å²) in [5.41, 5.74) is 2.47. The summed E-state index contributed by atoms with van der Waals surface area (Å²) in [4.78, 5) is 12.0. The molecule has 2 aromatic rings. The SMILES string of the molecule is COCC(C)NC(=O)c1ccc(C#Cc2ccccc2)cc1. The number of methoxy groups -OCH3 is 1. The highest BCUT2D eigenvalue weighted by molar-refractivity contribution is 5.94. The van der Waals surface area contributed by atoms with Crippen molar-refractivity contribution in [1.82, 2.24) is 5.32 Å². The second kappa shape index (κ2) is 8.02. The molecule has 0 heterocycles. The van der Waals surface area contributed by atoms with E-state index >= 15 is 0 Å². The van der Waals surface area contributed by atoms with Crippen LogP contribution in [0.15, 0.2) is 54.6 Å². The molecule has 0 aromatic heterocycles. The molecular formula is C19H19NO2. The van der Waals surface area contributed by atoms with Crippen molar-refractivity contribution in [3.8, 4) is 11.8 Å². The van der Waals surface area contributed by atoms with E-state index in [2.05, 4.69) is 17.2 Å². The van der Waals surface area contributed by atoms with Gasteiger partial charge in [0.25, 0.3) is 5.91 Å². The van der Waals surface area contributed by atoms with Crippen molar-refractivity contribution in [3.05, 3.63) is 71.3 Å². The first-order chi connectivity index (χ1) is 10.7. The van der Waals surface area contributed by atoms with Crippen LogP contribution in [0.3, 0.4) is 0 Å². The minimum absolute atomic E-state index is 0.0185. The Labute approximate surface area is 131 Å². The molecule has 0 saturated carbocycles. The van der Waals surface area contributed by atoms with Gasteiger partial charge in [-0.3, -0.25) is 4.79 Å². The molecule has 3 nitrogen and oxygen atoms in total. The molecule has 0 spiro atoms. The predicted octanol–water partition coefficient (Wildman–Crippen LogP) is 2.85. The number of carbonyl (C=O) groups excluding carboxylic acids is 1. The molecule has 2 rings (SSSR count). The third-order valence-corrected chi connectivity index (χ3v) is 3.07. The van der Waals surface area contributed by atoms with Crippen LogP contribution in [0.4, 0.5) is 0 Å². The number of nitrogens with one attached hydrogen (secondary N) is 1. The van der Waals surface area contributed by atoms with Gasteiger partial charge in [-0.25, -0.2) is 0 Å². The van der Waals surface area contributed by atoms with E-state index < -0.39 is 0 Å². The van der Waals surface area contributed by atoms with Crippen LogP contribution >= 0.6 is 0 Å². The Morgan fingerprint density at radius 2 is 1.64 bits per heavy atom. The van der Waals surface area contributed by atoms with Gasteiger partial charge in [0.15, 0.2) is 0 Å². The summed E-state index contributed by atoms with van der Waals surface area (Å²) < 4.78 is 5.00. The standard InChI is InChI=1S/C19H19NO2/c1-15(14-22-2)20-19(21)18-12-10-17(11-13-18)9-8-16-6-4-3-5-7-16/h3-7,10-13,15H,14H2,1-2H3,(H,20,21). The van der Waals surface area contributed by atoms with Gasteiger partial charge in [-0.2, -0.15) is 0 Å². The number of carbonyl (C=O) groups is 1. The zero-order chi connectivity index (χ0) is 15.8. The van der Waals surface area contributed by atoms with Crippen molar-refractivity contribution in [2.45, 2.75) is 13.0 Å². The highest BCUT2D eigenvalue weighted by Crippen LogP contribution is 2.05. The lowest BCUT2D eigenvalue weighted by Crippen LogP contribution is -2.35. The molecule has 0 radical (unpaired) electrons. The second-order valence-electron chi connectivity index (χ2n) is 5.02. The lowest BCUT2D eigenvalue weighted by molar-refractivity contribution is 0.0905. The van der Waals surface area contributed by atoms with E-state index in [0.29, 0.717) is 12.2 Å². The quantitative estimate of drug-likeness (QED) is 0.880. The summed E-state index contributed by atoms with van der Waals surface area (Å²) in [5, 5.41) is 2.87. The summed E-state index contributed by atoms with van der Waals surface area (Å²) in [5.74, 6) is 6.07. The van der Waals surface area contributed by atoms with Crippen LogP contribution in [0, 0.1) is 11.8 Å².